The van der Waals surface area contributed by atoms with Gasteiger partial charge in [-0.15, -0.1) is 0 Å². The van der Waals surface area contributed by atoms with Gasteiger partial charge in [0.1, 0.15) is 0 Å². The first-order valence-electron chi connectivity index (χ1n) is 2.98. The van der Waals surface area contributed by atoms with Gasteiger partial charge >= 0.3 is 6.30 Å². The van der Waals surface area contributed by atoms with E-state index in [0.29, 0.717) is 0 Å². The van der Waals surface area contributed by atoms with Gasteiger partial charge in [-0.25, -0.2) is 0 Å². The van der Waals surface area contributed by atoms with Gasteiger partial charge in [0.25, 0.3) is 0 Å². The summed E-state index contributed by atoms with van der Waals surface area (Å²) in [6.07, 6.45) is -4.35. The number of alkyl halides is 3. The van der Waals surface area contributed by atoms with Crippen molar-refractivity contribution in [2.24, 2.45) is 0 Å². The summed E-state index contributed by atoms with van der Waals surface area (Å²) in [7, 11) is 0. The predicted octanol–water partition coefficient (Wildman–Crippen LogP) is -0.378. The fourth-order valence-corrected chi connectivity index (χ4v) is 0.685. The highest BCUT2D eigenvalue weighted by Crippen LogP contribution is 2.18. The summed E-state index contributed by atoms with van der Waals surface area (Å²) in [6.45, 7) is 0. The summed E-state index contributed by atoms with van der Waals surface area (Å²) in [5, 5.41) is 1.38. The van der Waals surface area contributed by atoms with Crippen molar-refractivity contribution in [3.05, 3.63) is 30.3 Å². The van der Waals surface area contributed by atoms with Gasteiger partial charge in [-0.05, 0) is 12.1 Å². The number of hydrogen-bond acceptors (Lipinski definition) is 1. The number of hydrogen-bond donors (Lipinski definition) is 1. The highest BCUT2D eigenvalue weighted by atomic mass is 35.5. The average molecular weight is 197 g/mol. The van der Waals surface area contributed by atoms with Crippen molar-refractivity contribution in [3.63, 3.8) is 0 Å². The standard InChI is InChI=1S/C7H6F3N.ClH/c8-7(9,10)11-6-4-2-1-3-5-6;/h1-5,11H;1H/p-1. The average Bonchev–Trinajstić information content (AvgIpc) is 1.85. The van der Waals surface area contributed by atoms with E-state index in [1.807, 2.05) is 0 Å². The van der Waals surface area contributed by atoms with E-state index < -0.39 is 6.30 Å². The van der Waals surface area contributed by atoms with Crippen molar-refractivity contribution in [2.45, 2.75) is 6.30 Å². The summed E-state index contributed by atoms with van der Waals surface area (Å²) in [5.41, 5.74) is 0.0556. The molecule has 0 heterocycles. The number of anilines is 1. The lowest BCUT2D eigenvalue weighted by Gasteiger charge is -2.08. The third-order valence-electron chi connectivity index (χ3n) is 1.06. The lowest BCUT2D eigenvalue weighted by Crippen LogP contribution is -3.00. The molecule has 1 N–H and O–H groups in total. The van der Waals surface area contributed by atoms with Crippen LogP contribution in [-0.4, -0.2) is 6.30 Å². The largest absolute Gasteiger partial charge is 1.00 e. The molecule has 1 rings (SSSR count). The van der Waals surface area contributed by atoms with Crippen LogP contribution < -0.4 is 17.7 Å². The van der Waals surface area contributed by atoms with Gasteiger partial charge in [-0.3, -0.25) is 5.32 Å². The first-order valence-corrected chi connectivity index (χ1v) is 2.98. The van der Waals surface area contributed by atoms with Crippen molar-refractivity contribution in [3.8, 4) is 0 Å². The van der Waals surface area contributed by atoms with Crippen LogP contribution in [0.2, 0.25) is 0 Å². The maximum absolute atomic E-state index is 11.6. The predicted molar refractivity (Wildman–Crippen MR) is 36.1 cm³/mol. The Bertz CT molecular complexity index is 222. The Morgan fingerprint density at radius 1 is 1.00 bits per heavy atom. The number of rotatable bonds is 1. The van der Waals surface area contributed by atoms with Gasteiger partial charge in [-0.1, -0.05) is 18.2 Å². The van der Waals surface area contributed by atoms with Crippen LogP contribution in [0.1, 0.15) is 0 Å². The van der Waals surface area contributed by atoms with E-state index in [4.69, 9.17) is 0 Å². The fourth-order valence-electron chi connectivity index (χ4n) is 0.685. The van der Waals surface area contributed by atoms with E-state index >= 15 is 0 Å². The molecule has 0 bridgehead atoms. The molecule has 68 valence electrons. The molecule has 1 aromatic rings. The Morgan fingerprint density at radius 3 is 1.92 bits per heavy atom. The molecule has 12 heavy (non-hydrogen) atoms. The molecule has 0 aliphatic rings. The van der Waals surface area contributed by atoms with E-state index in [1.165, 1.54) is 29.6 Å². The zero-order chi connectivity index (χ0) is 8.32. The number of halogens is 4. The van der Waals surface area contributed by atoms with Gasteiger partial charge in [0.05, 0.1) is 0 Å². The van der Waals surface area contributed by atoms with Gasteiger partial charge in [0.2, 0.25) is 0 Å². The Labute approximate surface area is 74.0 Å². The molecular weight excluding hydrogens is 191 g/mol. The van der Waals surface area contributed by atoms with E-state index in [2.05, 4.69) is 0 Å². The number of nitrogens with one attached hydrogen (secondary N) is 1. The quantitative estimate of drug-likeness (QED) is 0.604. The van der Waals surface area contributed by atoms with Crippen molar-refractivity contribution >= 4 is 5.69 Å². The van der Waals surface area contributed by atoms with Crippen LogP contribution in [0.3, 0.4) is 0 Å². The van der Waals surface area contributed by atoms with Crippen LogP contribution in [0.25, 0.3) is 0 Å². The molecule has 5 heteroatoms. The monoisotopic (exact) mass is 196 g/mol. The topological polar surface area (TPSA) is 12.0 Å². The summed E-state index contributed by atoms with van der Waals surface area (Å²) in [5.74, 6) is 0. The third-order valence-corrected chi connectivity index (χ3v) is 1.06. The second kappa shape index (κ2) is 4.21. The SMILES string of the molecule is FC(F)(F)Nc1ccccc1.[Cl-]. The Hall–Kier alpha value is -0.900. The van der Waals surface area contributed by atoms with Crippen molar-refractivity contribution in [1.29, 1.82) is 0 Å². The minimum atomic E-state index is -4.35. The molecule has 0 atom stereocenters. The number of benzene rings is 1. The molecule has 0 spiro atoms. The van der Waals surface area contributed by atoms with Crippen molar-refractivity contribution in [1.82, 2.24) is 0 Å². The Balaban J connectivity index is 0.00000121. The second-order valence-electron chi connectivity index (χ2n) is 1.99. The first-order chi connectivity index (χ1) is 5.08. The summed E-state index contributed by atoms with van der Waals surface area (Å²) in [6, 6.07) is 7.44. The van der Waals surface area contributed by atoms with Crippen LogP contribution in [0.15, 0.2) is 30.3 Å². The highest BCUT2D eigenvalue weighted by Gasteiger charge is 2.26. The number of para-hydroxylation sites is 1. The Kier molecular flexibility index (Phi) is 3.89. The van der Waals surface area contributed by atoms with E-state index in [1.54, 1.807) is 6.07 Å². The van der Waals surface area contributed by atoms with E-state index in [-0.39, 0.29) is 18.1 Å². The highest BCUT2D eigenvalue weighted by molar-refractivity contribution is 5.42. The van der Waals surface area contributed by atoms with Gasteiger partial charge in [0.15, 0.2) is 0 Å². The minimum absolute atomic E-state index is 0. The van der Waals surface area contributed by atoms with Crippen LogP contribution >= 0.6 is 0 Å². The zero-order valence-corrected chi connectivity index (χ0v) is 6.65. The molecular formula is C7H6ClF3N-. The normalized spacial score (nSPS) is 10.2. The molecule has 0 saturated carbocycles. The lowest BCUT2D eigenvalue weighted by atomic mass is 10.3. The molecule has 0 amide bonds. The molecule has 0 aliphatic carbocycles. The van der Waals surface area contributed by atoms with Crippen molar-refractivity contribution < 1.29 is 25.6 Å². The molecule has 1 nitrogen and oxygen atoms in total. The van der Waals surface area contributed by atoms with Crippen LogP contribution in [0, 0.1) is 0 Å². The zero-order valence-electron chi connectivity index (χ0n) is 5.90. The third kappa shape index (κ3) is 4.08. The van der Waals surface area contributed by atoms with Crippen molar-refractivity contribution in [2.75, 3.05) is 5.32 Å². The molecule has 0 aromatic heterocycles. The maximum Gasteiger partial charge on any atom is 0.482 e. The van der Waals surface area contributed by atoms with Gasteiger partial charge < -0.3 is 12.4 Å². The smallest absolute Gasteiger partial charge is 0.482 e. The van der Waals surface area contributed by atoms with Gasteiger partial charge in [-0.2, -0.15) is 13.2 Å². The van der Waals surface area contributed by atoms with E-state index in [0.717, 1.165) is 0 Å². The maximum atomic E-state index is 11.6. The molecule has 0 radical (unpaired) electrons. The Morgan fingerprint density at radius 2 is 1.50 bits per heavy atom. The molecule has 0 unspecified atom stereocenters. The molecule has 0 fully saturated rings. The summed E-state index contributed by atoms with van der Waals surface area (Å²) >= 11 is 0. The molecule has 1 aromatic carbocycles. The first kappa shape index (κ1) is 11.1. The van der Waals surface area contributed by atoms with E-state index in [9.17, 15) is 13.2 Å². The summed E-state index contributed by atoms with van der Waals surface area (Å²) < 4.78 is 34.9. The van der Waals surface area contributed by atoms with Crippen LogP contribution in [0.4, 0.5) is 18.9 Å². The molecule has 0 saturated heterocycles. The second-order valence-corrected chi connectivity index (χ2v) is 1.99. The summed E-state index contributed by atoms with van der Waals surface area (Å²) in [4.78, 5) is 0. The molecule has 0 aliphatic heterocycles. The minimum Gasteiger partial charge on any atom is -1.00 e. The fraction of sp³-hybridized carbons (Fsp3) is 0.143. The lowest BCUT2D eigenvalue weighted by molar-refractivity contribution is -0.0999. The van der Waals surface area contributed by atoms with Gasteiger partial charge in [0, 0.05) is 5.69 Å². The van der Waals surface area contributed by atoms with Crippen LogP contribution in [-0.2, 0) is 0 Å². The van der Waals surface area contributed by atoms with Crippen LogP contribution in [0.5, 0.6) is 0 Å².